The molecule has 6 nitrogen and oxygen atoms in total. The molecule has 0 saturated heterocycles. The Hall–Kier alpha value is -3.38. The number of halogens is 1. The Morgan fingerprint density at radius 3 is 2.19 bits per heavy atom. The van der Waals surface area contributed by atoms with E-state index in [9.17, 15) is 14.9 Å². The fourth-order valence-electron chi connectivity index (χ4n) is 2.38. The summed E-state index contributed by atoms with van der Waals surface area (Å²) in [5.74, 6) is 0. The van der Waals surface area contributed by atoms with Crippen molar-refractivity contribution < 1.29 is 9.72 Å². The lowest BCUT2D eigenvalue weighted by atomic mass is 10.1. The summed E-state index contributed by atoms with van der Waals surface area (Å²) < 4.78 is 0. The molecule has 2 amide bonds. The molecular formula is C19H14ClN3O3. The first kappa shape index (κ1) is 17.4. The van der Waals surface area contributed by atoms with E-state index in [0.717, 1.165) is 11.1 Å². The van der Waals surface area contributed by atoms with Crippen molar-refractivity contribution in [3.05, 3.63) is 87.9 Å². The van der Waals surface area contributed by atoms with Gasteiger partial charge in [-0.3, -0.25) is 10.1 Å². The number of amides is 2. The van der Waals surface area contributed by atoms with Crippen LogP contribution in [0.25, 0.3) is 11.1 Å². The second kappa shape index (κ2) is 7.67. The van der Waals surface area contributed by atoms with Crippen LogP contribution in [-0.4, -0.2) is 11.0 Å². The van der Waals surface area contributed by atoms with Gasteiger partial charge in [0, 0.05) is 17.8 Å². The maximum absolute atomic E-state index is 12.1. The molecule has 3 aromatic carbocycles. The number of nitro benzene ring substituents is 1. The molecule has 0 saturated carbocycles. The van der Waals surface area contributed by atoms with E-state index < -0.39 is 11.0 Å². The highest BCUT2D eigenvalue weighted by atomic mass is 35.5. The van der Waals surface area contributed by atoms with Crippen LogP contribution in [0.4, 0.5) is 21.9 Å². The molecule has 26 heavy (non-hydrogen) atoms. The van der Waals surface area contributed by atoms with Gasteiger partial charge in [-0.1, -0.05) is 54.1 Å². The van der Waals surface area contributed by atoms with Gasteiger partial charge in [-0.05, 0) is 29.3 Å². The first-order chi connectivity index (χ1) is 12.5. The van der Waals surface area contributed by atoms with Gasteiger partial charge in [-0.2, -0.15) is 0 Å². The Balaban J connectivity index is 1.69. The number of anilines is 2. The second-order valence-electron chi connectivity index (χ2n) is 5.44. The third kappa shape index (κ3) is 4.17. The molecule has 0 heterocycles. The van der Waals surface area contributed by atoms with Gasteiger partial charge in [0.25, 0.3) is 5.69 Å². The summed E-state index contributed by atoms with van der Waals surface area (Å²) in [5.41, 5.74) is 2.70. The third-order valence-corrected chi connectivity index (χ3v) is 3.99. The van der Waals surface area contributed by atoms with Crippen molar-refractivity contribution in [1.82, 2.24) is 0 Å². The fraction of sp³-hybridized carbons (Fsp3) is 0. The molecule has 3 aromatic rings. The predicted octanol–water partition coefficient (Wildman–Crippen LogP) is 5.56. The van der Waals surface area contributed by atoms with E-state index in [-0.39, 0.29) is 16.4 Å². The van der Waals surface area contributed by atoms with Gasteiger partial charge in [0.1, 0.15) is 0 Å². The summed E-state index contributed by atoms with van der Waals surface area (Å²) in [6.45, 7) is 0. The van der Waals surface area contributed by atoms with Crippen LogP contribution in [0.3, 0.4) is 0 Å². The monoisotopic (exact) mass is 367 g/mol. The minimum Gasteiger partial charge on any atom is -0.308 e. The normalized spacial score (nSPS) is 10.2. The van der Waals surface area contributed by atoms with E-state index in [0.29, 0.717) is 5.69 Å². The van der Waals surface area contributed by atoms with Crippen LogP contribution < -0.4 is 10.6 Å². The molecule has 0 fully saturated rings. The van der Waals surface area contributed by atoms with Gasteiger partial charge >= 0.3 is 6.03 Å². The molecule has 0 aliphatic rings. The molecule has 0 spiro atoms. The molecule has 3 rings (SSSR count). The molecule has 0 atom stereocenters. The minimum absolute atomic E-state index is 0.156. The zero-order chi connectivity index (χ0) is 18.5. The fourth-order valence-corrected chi connectivity index (χ4v) is 2.55. The highest BCUT2D eigenvalue weighted by Gasteiger charge is 2.12. The molecule has 0 unspecified atom stereocenters. The van der Waals surface area contributed by atoms with Crippen LogP contribution in [0.15, 0.2) is 72.8 Å². The number of urea groups is 1. The second-order valence-corrected chi connectivity index (χ2v) is 5.85. The van der Waals surface area contributed by atoms with Crippen molar-refractivity contribution in [3.8, 4) is 11.1 Å². The van der Waals surface area contributed by atoms with Crippen molar-refractivity contribution in [2.24, 2.45) is 0 Å². The number of benzene rings is 3. The largest absolute Gasteiger partial charge is 0.323 e. The molecule has 7 heteroatoms. The van der Waals surface area contributed by atoms with Crippen LogP contribution in [0, 0.1) is 10.1 Å². The van der Waals surface area contributed by atoms with Gasteiger partial charge in [-0.15, -0.1) is 0 Å². The summed E-state index contributed by atoms with van der Waals surface area (Å²) in [6, 6.07) is 20.5. The number of nitro groups is 1. The number of hydrogen-bond acceptors (Lipinski definition) is 3. The highest BCUT2D eigenvalue weighted by molar-refractivity contribution is 6.33. The summed E-state index contributed by atoms with van der Waals surface area (Å²) in [5, 5.41) is 16.2. The van der Waals surface area contributed by atoms with Crippen molar-refractivity contribution in [1.29, 1.82) is 0 Å². The van der Waals surface area contributed by atoms with E-state index in [4.69, 9.17) is 11.6 Å². The summed E-state index contributed by atoms with van der Waals surface area (Å²) in [7, 11) is 0. The maximum atomic E-state index is 12.1. The number of carbonyl (C=O) groups is 1. The molecule has 130 valence electrons. The van der Waals surface area contributed by atoms with Crippen molar-refractivity contribution >= 4 is 34.7 Å². The molecular weight excluding hydrogens is 354 g/mol. The lowest BCUT2D eigenvalue weighted by Gasteiger charge is -2.10. The maximum Gasteiger partial charge on any atom is 0.323 e. The predicted molar refractivity (Wildman–Crippen MR) is 103 cm³/mol. The molecule has 0 bridgehead atoms. The van der Waals surface area contributed by atoms with Crippen LogP contribution in [-0.2, 0) is 0 Å². The Kier molecular flexibility index (Phi) is 5.15. The summed E-state index contributed by atoms with van der Waals surface area (Å²) in [4.78, 5) is 22.4. The molecule has 0 aliphatic heterocycles. The van der Waals surface area contributed by atoms with Crippen molar-refractivity contribution in [2.75, 3.05) is 10.6 Å². The van der Waals surface area contributed by atoms with Gasteiger partial charge in [0.05, 0.1) is 15.6 Å². The average Bonchev–Trinajstić information content (AvgIpc) is 2.64. The summed E-state index contributed by atoms with van der Waals surface area (Å²) >= 11 is 5.97. The molecule has 0 aromatic heterocycles. The Morgan fingerprint density at radius 2 is 1.54 bits per heavy atom. The zero-order valence-corrected chi connectivity index (χ0v) is 14.2. The Morgan fingerprint density at radius 1 is 0.885 bits per heavy atom. The lowest BCUT2D eigenvalue weighted by Crippen LogP contribution is -2.19. The van der Waals surface area contributed by atoms with Gasteiger partial charge in [-0.25, -0.2) is 4.79 Å². The van der Waals surface area contributed by atoms with Crippen molar-refractivity contribution in [3.63, 3.8) is 0 Å². The third-order valence-electron chi connectivity index (χ3n) is 3.66. The topological polar surface area (TPSA) is 84.3 Å². The first-order valence-corrected chi connectivity index (χ1v) is 8.08. The van der Waals surface area contributed by atoms with Gasteiger partial charge in [0.15, 0.2) is 0 Å². The van der Waals surface area contributed by atoms with E-state index in [1.807, 2.05) is 42.5 Å². The number of non-ortho nitro benzene ring substituents is 1. The van der Waals surface area contributed by atoms with E-state index >= 15 is 0 Å². The smallest absolute Gasteiger partial charge is 0.308 e. The Labute approximate surface area is 154 Å². The highest BCUT2D eigenvalue weighted by Crippen LogP contribution is 2.27. The number of nitrogens with one attached hydrogen (secondary N) is 2. The van der Waals surface area contributed by atoms with Crippen LogP contribution >= 0.6 is 11.6 Å². The molecule has 0 radical (unpaired) electrons. The molecule has 2 N–H and O–H groups in total. The van der Waals surface area contributed by atoms with E-state index in [1.165, 1.54) is 18.2 Å². The first-order valence-electron chi connectivity index (χ1n) is 7.70. The zero-order valence-electron chi connectivity index (χ0n) is 13.5. The van der Waals surface area contributed by atoms with Crippen LogP contribution in [0.2, 0.25) is 5.02 Å². The van der Waals surface area contributed by atoms with Crippen LogP contribution in [0.1, 0.15) is 0 Å². The average molecular weight is 368 g/mol. The number of hydrogen-bond donors (Lipinski definition) is 2. The number of rotatable bonds is 4. The standard InChI is InChI=1S/C19H14ClN3O3/c20-17-11-10-16(23(25)26)12-18(17)22-19(24)21-15-8-6-14(7-9-15)13-4-2-1-3-5-13/h1-12H,(H2,21,22,24). The molecule has 0 aliphatic carbocycles. The SMILES string of the molecule is O=C(Nc1ccc(-c2ccccc2)cc1)Nc1cc([N+](=O)[O-])ccc1Cl. The van der Waals surface area contributed by atoms with Crippen molar-refractivity contribution in [2.45, 2.75) is 0 Å². The van der Waals surface area contributed by atoms with Gasteiger partial charge < -0.3 is 10.6 Å². The number of carbonyl (C=O) groups excluding carboxylic acids is 1. The minimum atomic E-state index is -0.554. The van der Waals surface area contributed by atoms with E-state index in [1.54, 1.807) is 12.1 Å². The quantitative estimate of drug-likeness (QED) is 0.467. The number of nitrogens with zero attached hydrogens (tertiary/aromatic N) is 1. The summed E-state index contributed by atoms with van der Waals surface area (Å²) in [6.07, 6.45) is 0. The lowest BCUT2D eigenvalue weighted by molar-refractivity contribution is -0.384. The van der Waals surface area contributed by atoms with Gasteiger partial charge in [0.2, 0.25) is 0 Å². The Bertz CT molecular complexity index is 944. The van der Waals surface area contributed by atoms with E-state index in [2.05, 4.69) is 10.6 Å². The van der Waals surface area contributed by atoms with Crippen LogP contribution in [0.5, 0.6) is 0 Å².